The maximum Gasteiger partial charge on any atom is 0.273 e. The number of aromatic amines is 1. The first-order valence-electron chi connectivity index (χ1n) is 9.27. The normalized spacial score (nSPS) is 16.7. The molecule has 0 aliphatic carbocycles. The maximum atomic E-state index is 13.0. The van der Waals surface area contributed by atoms with Gasteiger partial charge in [0.1, 0.15) is 17.2 Å². The van der Waals surface area contributed by atoms with Crippen LogP contribution in [0, 0.1) is 0 Å². The van der Waals surface area contributed by atoms with Crippen molar-refractivity contribution in [3.63, 3.8) is 0 Å². The van der Waals surface area contributed by atoms with Gasteiger partial charge in [-0.2, -0.15) is 5.10 Å². The van der Waals surface area contributed by atoms with Crippen LogP contribution in [0.15, 0.2) is 60.4 Å². The molecule has 2 heterocycles. The molecule has 0 saturated heterocycles. The number of fused-ring (bicyclic) bond motifs is 1. The number of aliphatic hydroxyl groups is 1. The van der Waals surface area contributed by atoms with Crippen LogP contribution in [0.1, 0.15) is 42.4 Å². The topological polar surface area (TPSA) is 78.5 Å². The summed E-state index contributed by atoms with van der Waals surface area (Å²) in [6, 6.07) is 7.24. The summed E-state index contributed by atoms with van der Waals surface area (Å²) in [5.74, 6) is 0.776. The summed E-state index contributed by atoms with van der Waals surface area (Å²) in [7, 11) is 1.61. The Morgan fingerprint density at radius 1 is 1.43 bits per heavy atom. The smallest absolute Gasteiger partial charge is 0.273 e. The molecule has 3 rings (SSSR count). The summed E-state index contributed by atoms with van der Waals surface area (Å²) in [6.45, 7) is 8.55. The van der Waals surface area contributed by atoms with E-state index in [1.807, 2.05) is 31.2 Å². The Balaban J connectivity index is 2.09. The van der Waals surface area contributed by atoms with Gasteiger partial charge in [0.2, 0.25) is 0 Å². The fraction of sp³-hybridized carbons (Fsp3) is 0.273. The van der Waals surface area contributed by atoms with E-state index in [1.54, 1.807) is 37.2 Å². The van der Waals surface area contributed by atoms with Gasteiger partial charge < -0.3 is 14.7 Å². The van der Waals surface area contributed by atoms with Crippen LogP contribution >= 0.6 is 0 Å². The van der Waals surface area contributed by atoms with Gasteiger partial charge in [-0.25, -0.2) is 0 Å². The molecule has 2 N–H and O–H groups in total. The van der Waals surface area contributed by atoms with Gasteiger partial charge in [-0.1, -0.05) is 31.7 Å². The van der Waals surface area contributed by atoms with Crippen molar-refractivity contribution < 1.29 is 14.6 Å². The number of H-pyrrole nitrogens is 1. The van der Waals surface area contributed by atoms with E-state index < -0.39 is 0 Å². The summed E-state index contributed by atoms with van der Waals surface area (Å²) in [5.41, 5.74) is 3.57. The second-order valence-corrected chi connectivity index (χ2v) is 6.62. The van der Waals surface area contributed by atoms with E-state index in [-0.39, 0.29) is 17.7 Å². The van der Waals surface area contributed by atoms with E-state index in [4.69, 9.17) is 4.74 Å². The zero-order valence-corrected chi connectivity index (χ0v) is 16.4. The van der Waals surface area contributed by atoms with E-state index in [1.165, 1.54) is 0 Å². The molecule has 0 radical (unpaired) electrons. The van der Waals surface area contributed by atoms with Gasteiger partial charge in [-0.15, -0.1) is 0 Å². The predicted octanol–water partition coefficient (Wildman–Crippen LogP) is 4.57. The van der Waals surface area contributed by atoms with Crippen molar-refractivity contribution in [3.05, 3.63) is 71.7 Å². The highest BCUT2D eigenvalue weighted by molar-refractivity contribution is 6.00. The molecule has 1 atom stereocenters. The fourth-order valence-corrected chi connectivity index (χ4v) is 3.42. The summed E-state index contributed by atoms with van der Waals surface area (Å²) in [6.07, 6.45) is 5.75. The molecule has 1 unspecified atom stereocenters. The zero-order valence-electron chi connectivity index (χ0n) is 16.4. The van der Waals surface area contributed by atoms with Crippen LogP contribution in [0.25, 0.3) is 11.3 Å². The lowest BCUT2D eigenvalue weighted by molar-refractivity contribution is 0.0744. The SMILES string of the molecule is C=C(C=CC(O)=CC)C1c2c(-c3cccc(OC)c3)n[nH]c2C(=O)N1CCC. The lowest BCUT2D eigenvalue weighted by atomic mass is 9.96. The number of aromatic nitrogens is 2. The highest BCUT2D eigenvalue weighted by Gasteiger charge is 2.41. The van der Waals surface area contributed by atoms with Gasteiger partial charge in [0.05, 0.1) is 18.8 Å². The zero-order chi connectivity index (χ0) is 20.3. The van der Waals surface area contributed by atoms with Gasteiger partial charge in [-0.3, -0.25) is 9.89 Å². The summed E-state index contributed by atoms with van der Waals surface area (Å²) in [5, 5.41) is 17.1. The molecule has 28 heavy (non-hydrogen) atoms. The number of benzene rings is 1. The highest BCUT2D eigenvalue weighted by atomic mass is 16.5. The second kappa shape index (κ2) is 8.17. The average molecular weight is 379 g/mol. The molecule has 6 nitrogen and oxygen atoms in total. The van der Waals surface area contributed by atoms with Crippen LogP contribution in [0.5, 0.6) is 5.75 Å². The van der Waals surface area contributed by atoms with Crippen LogP contribution in [-0.4, -0.2) is 39.8 Å². The van der Waals surface area contributed by atoms with Crippen LogP contribution in [-0.2, 0) is 0 Å². The molecule has 1 aromatic carbocycles. The Labute approximate surface area is 164 Å². The number of methoxy groups -OCH3 is 1. The number of rotatable bonds is 7. The third-order valence-corrected chi connectivity index (χ3v) is 4.79. The Bertz CT molecular complexity index is 956. The number of hydrogen-bond acceptors (Lipinski definition) is 4. The molecule has 0 fully saturated rings. The van der Waals surface area contributed by atoms with Crippen molar-refractivity contribution >= 4 is 5.91 Å². The number of hydrogen-bond donors (Lipinski definition) is 2. The standard InChI is InChI=1S/C22H25N3O3/c1-5-12-25-21(14(3)10-11-16(26)6-2)18-19(23-24-20(18)22(25)27)15-8-7-9-17(13-15)28-4/h6-11,13,21,26H,3,5,12H2,1-2,4H3,(H,23,24). The number of allylic oxidation sites excluding steroid dienone is 2. The van der Waals surface area contributed by atoms with E-state index in [9.17, 15) is 9.90 Å². The quantitative estimate of drug-likeness (QED) is 0.546. The van der Waals surface area contributed by atoms with Crippen molar-refractivity contribution in [1.29, 1.82) is 0 Å². The Hall–Kier alpha value is -3.28. The summed E-state index contributed by atoms with van der Waals surface area (Å²) in [4.78, 5) is 14.8. The van der Waals surface area contributed by atoms with E-state index in [0.29, 0.717) is 23.5 Å². The van der Waals surface area contributed by atoms with Crippen molar-refractivity contribution in [2.24, 2.45) is 0 Å². The lowest BCUT2D eigenvalue weighted by Gasteiger charge is -2.26. The molecule has 0 saturated carbocycles. The van der Waals surface area contributed by atoms with Crippen molar-refractivity contribution in [2.45, 2.75) is 26.3 Å². The third kappa shape index (κ3) is 3.45. The largest absolute Gasteiger partial charge is 0.508 e. The molecule has 2 aromatic rings. The number of amides is 1. The monoisotopic (exact) mass is 379 g/mol. The molecule has 6 heteroatoms. The molecular weight excluding hydrogens is 354 g/mol. The molecule has 0 bridgehead atoms. The molecular formula is C22H25N3O3. The van der Waals surface area contributed by atoms with Gasteiger partial charge in [0, 0.05) is 17.7 Å². The number of nitrogens with zero attached hydrogens (tertiary/aromatic N) is 2. The van der Waals surface area contributed by atoms with Gasteiger partial charge in [-0.05, 0) is 43.2 Å². The lowest BCUT2D eigenvalue weighted by Crippen LogP contribution is -2.30. The van der Waals surface area contributed by atoms with Crippen molar-refractivity contribution in [2.75, 3.05) is 13.7 Å². The second-order valence-electron chi connectivity index (χ2n) is 6.62. The molecule has 1 aliphatic heterocycles. The van der Waals surface area contributed by atoms with Crippen LogP contribution in [0.2, 0.25) is 0 Å². The number of ether oxygens (including phenoxy) is 1. The fourth-order valence-electron chi connectivity index (χ4n) is 3.42. The van der Waals surface area contributed by atoms with Crippen molar-refractivity contribution in [1.82, 2.24) is 15.1 Å². The number of nitrogens with one attached hydrogen (secondary N) is 1. The van der Waals surface area contributed by atoms with Crippen LogP contribution in [0.3, 0.4) is 0 Å². The summed E-state index contributed by atoms with van der Waals surface area (Å²) >= 11 is 0. The number of aliphatic hydroxyl groups excluding tert-OH is 1. The van der Waals surface area contributed by atoms with Crippen LogP contribution < -0.4 is 4.74 Å². The molecule has 0 spiro atoms. The number of carbonyl (C=O) groups excluding carboxylic acids is 1. The predicted molar refractivity (Wildman–Crippen MR) is 109 cm³/mol. The molecule has 1 aliphatic rings. The molecule has 1 aromatic heterocycles. The number of carbonyl (C=O) groups is 1. The Morgan fingerprint density at radius 2 is 2.21 bits per heavy atom. The minimum absolute atomic E-state index is 0.0895. The highest BCUT2D eigenvalue weighted by Crippen LogP contribution is 2.43. The molecule has 146 valence electrons. The first-order chi connectivity index (χ1) is 13.5. The van der Waals surface area contributed by atoms with Gasteiger partial charge in [0.15, 0.2) is 0 Å². The minimum atomic E-state index is -0.344. The van der Waals surface area contributed by atoms with Crippen LogP contribution in [0.4, 0.5) is 0 Å². The van der Waals surface area contributed by atoms with Gasteiger partial charge in [0.25, 0.3) is 5.91 Å². The minimum Gasteiger partial charge on any atom is -0.508 e. The molecule has 1 amide bonds. The Morgan fingerprint density at radius 3 is 2.89 bits per heavy atom. The van der Waals surface area contributed by atoms with Gasteiger partial charge >= 0.3 is 0 Å². The van der Waals surface area contributed by atoms with E-state index in [0.717, 1.165) is 23.3 Å². The summed E-state index contributed by atoms with van der Waals surface area (Å²) < 4.78 is 5.33. The van der Waals surface area contributed by atoms with Crippen molar-refractivity contribution in [3.8, 4) is 17.0 Å². The first-order valence-corrected chi connectivity index (χ1v) is 9.27. The van der Waals surface area contributed by atoms with E-state index >= 15 is 0 Å². The maximum absolute atomic E-state index is 13.0. The average Bonchev–Trinajstić information content (AvgIpc) is 3.26. The first kappa shape index (κ1) is 19.5. The van der Waals surface area contributed by atoms with E-state index in [2.05, 4.69) is 16.8 Å². The third-order valence-electron chi connectivity index (χ3n) is 4.79. The Kier molecular flexibility index (Phi) is 5.68.